The van der Waals surface area contributed by atoms with Crippen LogP contribution >= 0.6 is 0 Å². The highest BCUT2D eigenvalue weighted by Gasteiger charge is 2.09. The van der Waals surface area contributed by atoms with Crippen LogP contribution in [0.4, 0.5) is 0 Å². The zero-order chi connectivity index (χ0) is 18.6. The Morgan fingerprint density at radius 1 is 0.923 bits per heavy atom. The van der Waals surface area contributed by atoms with E-state index in [0.29, 0.717) is 12.3 Å². The maximum Gasteiger partial charge on any atom is 0.356 e. The number of nitrogens with zero attached hydrogens (tertiary/aromatic N) is 1. The van der Waals surface area contributed by atoms with Gasteiger partial charge in [0.2, 0.25) is 0 Å². The number of rotatable bonds is 11. The van der Waals surface area contributed by atoms with Crippen LogP contribution < -0.4 is 4.74 Å². The third kappa shape index (κ3) is 6.51. The second-order valence-corrected chi connectivity index (χ2v) is 6.27. The summed E-state index contributed by atoms with van der Waals surface area (Å²) in [6.07, 6.45) is 7.53. The van der Waals surface area contributed by atoms with Crippen LogP contribution in [-0.2, 0) is 4.74 Å². The number of benzene rings is 1. The Hall–Kier alpha value is -2.36. The number of esters is 1. The number of hydrogen-bond donors (Lipinski definition) is 0. The van der Waals surface area contributed by atoms with E-state index < -0.39 is 5.97 Å². The average Bonchev–Trinajstić information content (AvgIpc) is 2.68. The first kappa shape index (κ1) is 20.0. The maximum atomic E-state index is 11.8. The molecule has 2 rings (SSSR count). The zero-order valence-corrected chi connectivity index (χ0v) is 15.9. The molecule has 0 atom stereocenters. The lowest BCUT2D eigenvalue weighted by Gasteiger charge is -2.08. The van der Waals surface area contributed by atoms with Crippen LogP contribution in [0.1, 0.15) is 62.9 Å². The van der Waals surface area contributed by atoms with Gasteiger partial charge in [0, 0.05) is 5.56 Å². The minimum atomic E-state index is -0.395. The van der Waals surface area contributed by atoms with Crippen LogP contribution in [0.5, 0.6) is 5.75 Å². The van der Waals surface area contributed by atoms with Gasteiger partial charge in [-0.15, -0.1) is 0 Å². The second-order valence-electron chi connectivity index (χ2n) is 6.27. The van der Waals surface area contributed by atoms with E-state index in [4.69, 9.17) is 9.47 Å². The number of ether oxygens (including phenoxy) is 2. The van der Waals surface area contributed by atoms with E-state index in [9.17, 15) is 4.79 Å². The minimum absolute atomic E-state index is 0.327. The van der Waals surface area contributed by atoms with E-state index >= 15 is 0 Å². The van der Waals surface area contributed by atoms with Gasteiger partial charge in [-0.25, -0.2) is 9.78 Å². The van der Waals surface area contributed by atoms with E-state index in [0.717, 1.165) is 30.0 Å². The Labute approximate surface area is 156 Å². The summed E-state index contributed by atoms with van der Waals surface area (Å²) >= 11 is 0. The summed E-state index contributed by atoms with van der Waals surface area (Å²) < 4.78 is 10.8. The average molecular weight is 355 g/mol. The molecule has 2 aromatic rings. The quantitative estimate of drug-likeness (QED) is 0.385. The summed E-state index contributed by atoms with van der Waals surface area (Å²) in [6.45, 7) is 5.11. The third-order valence-electron chi connectivity index (χ3n) is 4.15. The second kappa shape index (κ2) is 11.3. The van der Waals surface area contributed by atoms with Crippen LogP contribution in [0.25, 0.3) is 11.3 Å². The molecule has 0 N–H and O–H groups in total. The number of unbranched alkanes of at least 4 members (excludes halogenated alkanes) is 5. The van der Waals surface area contributed by atoms with Crippen LogP contribution in [0.3, 0.4) is 0 Å². The van der Waals surface area contributed by atoms with Gasteiger partial charge < -0.3 is 9.47 Å². The summed E-state index contributed by atoms with van der Waals surface area (Å²) in [7, 11) is 0. The highest BCUT2D eigenvalue weighted by Crippen LogP contribution is 2.21. The summed E-state index contributed by atoms with van der Waals surface area (Å²) in [5, 5.41) is 0. The highest BCUT2D eigenvalue weighted by atomic mass is 16.5. The fourth-order valence-electron chi connectivity index (χ4n) is 2.71. The van der Waals surface area contributed by atoms with E-state index in [1.165, 1.54) is 32.1 Å². The molecule has 0 bridgehead atoms. The van der Waals surface area contributed by atoms with Crippen molar-refractivity contribution in [3.63, 3.8) is 0 Å². The number of aromatic nitrogens is 1. The van der Waals surface area contributed by atoms with Crippen molar-refractivity contribution in [1.82, 2.24) is 4.98 Å². The van der Waals surface area contributed by atoms with E-state index in [1.807, 2.05) is 36.4 Å². The Morgan fingerprint density at radius 2 is 1.65 bits per heavy atom. The molecule has 0 fully saturated rings. The zero-order valence-electron chi connectivity index (χ0n) is 15.9. The molecule has 4 heteroatoms. The Kier molecular flexibility index (Phi) is 8.67. The van der Waals surface area contributed by atoms with E-state index in [-0.39, 0.29) is 0 Å². The fraction of sp³-hybridized carbons (Fsp3) is 0.455. The van der Waals surface area contributed by atoms with Crippen LogP contribution in [0.15, 0.2) is 42.5 Å². The first-order valence-corrected chi connectivity index (χ1v) is 9.62. The van der Waals surface area contributed by atoms with Gasteiger partial charge >= 0.3 is 5.97 Å². The maximum absolute atomic E-state index is 11.8. The SMILES string of the molecule is CCCCCCCCOc1ccc(-c2cccc(C(=O)OCC)n2)cc1. The molecule has 0 spiro atoms. The predicted octanol–water partition coefficient (Wildman–Crippen LogP) is 5.66. The van der Waals surface area contributed by atoms with Gasteiger partial charge in [-0.1, -0.05) is 45.1 Å². The Balaban J connectivity index is 1.85. The first-order chi connectivity index (χ1) is 12.7. The molecule has 0 aliphatic heterocycles. The lowest BCUT2D eigenvalue weighted by molar-refractivity contribution is 0.0519. The van der Waals surface area contributed by atoms with Crippen molar-refractivity contribution in [2.45, 2.75) is 52.4 Å². The van der Waals surface area contributed by atoms with Gasteiger partial charge in [0.05, 0.1) is 18.9 Å². The predicted molar refractivity (Wildman–Crippen MR) is 105 cm³/mol. The first-order valence-electron chi connectivity index (χ1n) is 9.62. The lowest BCUT2D eigenvalue weighted by Crippen LogP contribution is -2.07. The number of hydrogen-bond acceptors (Lipinski definition) is 4. The largest absolute Gasteiger partial charge is 0.494 e. The summed E-state index contributed by atoms with van der Waals surface area (Å²) in [6, 6.07) is 13.2. The molecule has 4 nitrogen and oxygen atoms in total. The Bertz CT molecular complexity index is 667. The Morgan fingerprint density at radius 3 is 2.38 bits per heavy atom. The molecular weight excluding hydrogens is 326 g/mol. The molecule has 140 valence electrons. The molecule has 0 saturated carbocycles. The van der Waals surface area contributed by atoms with Crippen molar-refractivity contribution < 1.29 is 14.3 Å². The molecule has 0 unspecified atom stereocenters. The molecule has 1 heterocycles. The van der Waals surface area contributed by atoms with Gasteiger partial charge in [0.1, 0.15) is 11.4 Å². The molecule has 0 aliphatic rings. The molecule has 0 radical (unpaired) electrons. The van der Waals surface area contributed by atoms with Gasteiger partial charge in [0.15, 0.2) is 0 Å². The molecule has 1 aromatic carbocycles. The lowest BCUT2D eigenvalue weighted by atomic mass is 10.1. The van der Waals surface area contributed by atoms with Gasteiger partial charge in [0.25, 0.3) is 0 Å². The van der Waals surface area contributed by atoms with Gasteiger partial charge in [-0.3, -0.25) is 0 Å². The van der Waals surface area contributed by atoms with Crippen LogP contribution in [0.2, 0.25) is 0 Å². The van der Waals surface area contributed by atoms with Crippen LogP contribution in [-0.4, -0.2) is 24.2 Å². The summed E-state index contributed by atoms with van der Waals surface area (Å²) in [4.78, 5) is 16.2. The third-order valence-corrected chi connectivity index (χ3v) is 4.15. The normalized spacial score (nSPS) is 10.5. The van der Waals surface area contributed by atoms with E-state index in [1.54, 1.807) is 13.0 Å². The van der Waals surface area contributed by atoms with Gasteiger partial charge in [-0.05, 0) is 49.7 Å². The van der Waals surface area contributed by atoms with Crippen LogP contribution in [0, 0.1) is 0 Å². The molecule has 0 amide bonds. The topological polar surface area (TPSA) is 48.4 Å². The summed E-state index contributed by atoms with van der Waals surface area (Å²) in [5.74, 6) is 0.470. The number of carbonyl (C=O) groups excluding carboxylic acids is 1. The number of carbonyl (C=O) groups is 1. The smallest absolute Gasteiger partial charge is 0.356 e. The van der Waals surface area contributed by atoms with Crippen molar-refractivity contribution in [2.75, 3.05) is 13.2 Å². The van der Waals surface area contributed by atoms with Crippen molar-refractivity contribution >= 4 is 5.97 Å². The summed E-state index contributed by atoms with van der Waals surface area (Å²) in [5.41, 5.74) is 2.02. The fourth-order valence-corrected chi connectivity index (χ4v) is 2.71. The van der Waals surface area contributed by atoms with E-state index in [2.05, 4.69) is 11.9 Å². The number of pyridine rings is 1. The molecule has 1 aromatic heterocycles. The molecular formula is C22H29NO3. The van der Waals surface area contributed by atoms with Gasteiger partial charge in [-0.2, -0.15) is 0 Å². The molecule has 0 saturated heterocycles. The molecule has 26 heavy (non-hydrogen) atoms. The standard InChI is InChI=1S/C22H29NO3/c1-3-5-6-7-8-9-17-26-19-15-13-18(14-16-19)20-11-10-12-21(23-20)22(24)25-4-2/h10-16H,3-9,17H2,1-2H3. The van der Waals surface area contributed by atoms with Crippen molar-refractivity contribution in [3.05, 3.63) is 48.2 Å². The van der Waals surface area contributed by atoms with Crippen molar-refractivity contribution in [3.8, 4) is 17.0 Å². The highest BCUT2D eigenvalue weighted by molar-refractivity contribution is 5.87. The van der Waals surface area contributed by atoms with Crippen molar-refractivity contribution in [2.24, 2.45) is 0 Å². The van der Waals surface area contributed by atoms with Crippen molar-refractivity contribution in [1.29, 1.82) is 0 Å². The molecule has 0 aliphatic carbocycles. The monoisotopic (exact) mass is 355 g/mol. The minimum Gasteiger partial charge on any atom is -0.494 e.